The van der Waals surface area contributed by atoms with Crippen molar-refractivity contribution in [2.45, 2.75) is 27.7 Å². The highest BCUT2D eigenvalue weighted by atomic mass is 35.5. The van der Waals surface area contributed by atoms with Crippen molar-refractivity contribution in [2.24, 2.45) is 16.8 Å². The minimum atomic E-state index is -0.343. The van der Waals surface area contributed by atoms with E-state index in [0.717, 1.165) is 0 Å². The lowest BCUT2D eigenvalue weighted by molar-refractivity contribution is -0.113. The van der Waals surface area contributed by atoms with E-state index in [-0.39, 0.29) is 23.5 Å². The number of allylic oxidation sites excluding steroid dienone is 4. The zero-order chi connectivity index (χ0) is 17.1. The average molecular weight is 330 g/mol. The molecule has 1 aliphatic rings. The Kier molecular flexibility index (Phi) is 5.32. The number of nitrogens with zero attached hydrogens (tertiary/aromatic N) is 1. The fourth-order valence-corrected chi connectivity index (χ4v) is 2.48. The van der Waals surface area contributed by atoms with Crippen LogP contribution in [0.25, 0.3) is 0 Å². The van der Waals surface area contributed by atoms with Crippen LogP contribution in [0.4, 0.5) is 0 Å². The number of hydrogen-bond donors (Lipinski definition) is 0. The van der Waals surface area contributed by atoms with E-state index >= 15 is 0 Å². The summed E-state index contributed by atoms with van der Waals surface area (Å²) < 4.78 is 0. The van der Waals surface area contributed by atoms with E-state index in [1.165, 1.54) is 0 Å². The van der Waals surface area contributed by atoms with E-state index in [2.05, 4.69) is 4.99 Å². The minimum absolute atomic E-state index is 0.0490. The molecule has 0 fully saturated rings. The Hall–Kier alpha value is -2.00. The summed E-state index contributed by atoms with van der Waals surface area (Å²) in [6, 6.07) is 6.60. The molecule has 1 aromatic rings. The summed E-state index contributed by atoms with van der Waals surface area (Å²) in [5, 5.41) is 0.571. The van der Waals surface area contributed by atoms with Crippen molar-refractivity contribution >= 4 is 29.0 Å². The van der Waals surface area contributed by atoms with Crippen LogP contribution in [-0.2, 0) is 4.79 Å². The number of carbonyl (C=O) groups is 2. The van der Waals surface area contributed by atoms with Gasteiger partial charge in [0.2, 0.25) is 0 Å². The van der Waals surface area contributed by atoms with Crippen molar-refractivity contribution in [3.8, 4) is 0 Å². The SMILES string of the molecule is CC(C)C1=CC(=NC(=O)c2ccc(Cl)cc2)C=C(C(C)C)C1=O. The molecule has 1 aromatic carbocycles. The molecule has 2 rings (SSSR count). The topological polar surface area (TPSA) is 46.5 Å². The van der Waals surface area contributed by atoms with Crippen molar-refractivity contribution in [1.82, 2.24) is 0 Å². The molecule has 0 unspecified atom stereocenters. The Morgan fingerprint density at radius 3 is 1.87 bits per heavy atom. The van der Waals surface area contributed by atoms with Crippen LogP contribution in [-0.4, -0.2) is 17.4 Å². The summed E-state index contributed by atoms with van der Waals surface area (Å²) in [7, 11) is 0. The molecule has 1 aliphatic carbocycles. The smallest absolute Gasteiger partial charge is 0.277 e. The van der Waals surface area contributed by atoms with Gasteiger partial charge in [0.15, 0.2) is 5.78 Å². The van der Waals surface area contributed by atoms with E-state index in [1.807, 2.05) is 27.7 Å². The molecule has 4 heteroatoms. The van der Waals surface area contributed by atoms with Gasteiger partial charge in [0.25, 0.3) is 5.91 Å². The molecule has 0 N–H and O–H groups in total. The normalized spacial score (nSPS) is 14.9. The number of ketones is 1. The second-order valence-corrected chi connectivity index (χ2v) is 6.62. The van der Waals surface area contributed by atoms with Gasteiger partial charge in [-0.3, -0.25) is 9.59 Å². The Labute approximate surface area is 141 Å². The van der Waals surface area contributed by atoms with Gasteiger partial charge < -0.3 is 0 Å². The fourth-order valence-electron chi connectivity index (χ4n) is 2.35. The van der Waals surface area contributed by atoms with Crippen molar-refractivity contribution in [1.29, 1.82) is 0 Å². The average Bonchev–Trinajstić information content (AvgIpc) is 2.48. The maximum atomic E-state index is 12.5. The maximum absolute atomic E-state index is 12.5. The number of Topliss-reactive ketones (excluding diaryl/α,β-unsaturated/α-hetero) is 1. The Morgan fingerprint density at radius 2 is 1.43 bits per heavy atom. The molecule has 1 amide bonds. The highest BCUT2D eigenvalue weighted by molar-refractivity contribution is 6.30. The maximum Gasteiger partial charge on any atom is 0.277 e. The van der Waals surface area contributed by atoms with Gasteiger partial charge >= 0.3 is 0 Å². The first-order valence-electron chi connectivity index (χ1n) is 7.66. The zero-order valence-corrected chi connectivity index (χ0v) is 14.5. The summed E-state index contributed by atoms with van der Waals surface area (Å²) >= 11 is 5.83. The van der Waals surface area contributed by atoms with Crippen molar-refractivity contribution in [2.75, 3.05) is 0 Å². The number of amides is 1. The molecule has 0 bridgehead atoms. The number of carbonyl (C=O) groups excluding carboxylic acids is 2. The predicted molar refractivity (Wildman–Crippen MR) is 94.1 cm³/mol. The van der Waals surface area contributed by atoms with Crippen molar-refractivity contribution < 1.29 is 9.59 Å². The number of benzene rings is 1. The summed E-state index contributed by atoms with van der Waals surface area (Å²) in [6.45, 7) is 7.86. The molecule has 0 aliphatic heterocycles. The fraction of sp³-hybridized carbons (Fsp3) is 0.316. The quantitative estimate of drug-likeness (QED) is 0.756. The first kappa shape index (κ1) is 17.4. The minimum Gasteiger partial charge on any atom is -0.289 e. The Bertz CT molecular complexity index is 692. The van der Waals surface area contributed by atoms with Gasteiger partial charge in [0.1, 0.15) is 0 Å². The standard InChI is InChI=1S/C19H20ClNO2/c1-11(2)16-9-15(10-17(12(3)4)18(16)22)21-19(23)13-5-7-14(20)8-6-13/h5-12H,1-4H3. The van der Waals surface area contributed by atoms with Gasteiger partial charge in [-0.15, -0.1) is 0 Å². The summed E-state index contributed by atoms with van der Waals surface area (Å²) in [6.07, 6.45) is 3.43. The van der Waals surface area contributed by atoms with E-state index < -0.39 is 0 Å². The molecule has 0 radical (unpaired) electrons. The lowest BCUT2D eigenvalue weighted by Crippen LogP contribution is -2.21. The van der Waals surface area contributed by atoms with Crippen LogP contribution >= 0.6 is 11.6 Å². The van der Waals surface area contributed by atoms with Crippen molar-refractivity contribution in [3.63, 3.8) is 0 Å². The van der Waals surface area contributed by atoms with Gasteiger partial charge in [0, 0.05) is 21.7 Å². The zero-order valence-electron chi connectivity index (χ0n) is 13.8. The van der Waals surface area contributed by atoms with Crippen LogP contribution in [0.15, 0.2) is 52.6 Å². The van der Waals surface area contributed by atoms with Gasteiger partial charge in [-0.05, 0) is 48.3 Å². The molecular weight excluding hydrogens is 310 g/mol. The number of halogens is 1. The number of aliphatic imine (C=N–C) groups is 1. The van der Waals surface area contributed by atoms with Gasteiger partial charge in [-0.25, -0.2) is 4.99 Å². The van der Waals surface area contributed by atoms with Gasteiger partial charge in [0.05, 0.1) is 5.71 Å². The lowest BCUT2D eigenvalue weighted by Gasteiger charge is -2.19. The lowest BCUT2D eigenvalue weighted by atomic mass is 9.84. The van der Waals surface area contributed by atoms with Crippen LogP contribution in [0.1, 0.15) is 38.1 Å². The van der Waals surface area contributed by atoms with E-state index in [4.69, 9.17) is 11.6 Å². The van der Waals surface area contributed by atoms with Crippen LogP contribution in [0.3, 0.4) is 0 Å². The van der Waals surface area contributed by atoms with Crippen LogP contribution in [0.2, 0.25) is 5.02 Å². The van der Waals surface area contributed by atoms with Crippen LogP contribution < -0.4 is 0 Å². The molecule has 0 saturated carbocycles. The highest BCUT2D eigenvalue weighted by Crippen LogP contribution is 2.25. The third kappa shape index (κ3) is 4.05. The summed E-state index contributed by atoms with van der Waals surface area (Å²) in [5.74, 6) is -0.126. The van der Waals surface area contributed by atoms with Crippen LogP contribution in [0, 0.1) is 11.8 Å². The van der Waals surface area contributed by atoms with E-state index in [1.54, 1.807) is 36.4 Å². The monoisotopic (exact) mass is 329 g/mol. The first-order chi connectivity index (χ1) is 10.8. The molecule has 3 nitrogen and oxygen atoms in total. The molecule has 0 saturated heterocycles. The second kappa shape index (κ2) is 7.05. The summed E-state index contributed by atoms with van der Waals surface area (Å²) in [5.41, 5.74) is 2.38. The third-order valence-electron chi connectivity index (χ3n) is 3.70. The highest BCUT2D eigenvalue weighted by Gasteiger charge is 2.25. The van der Waals surface area contributed by atoms with Gasteiger partial charge in [-0.2, -0.15) is 0 Å². The second-order valence-electron chi connectivity index (χ2n) is 6.19. The molecule has 0 spiro atoms. The molecular formula is C19H20ClNO2. The van der Waals surface area contributed by atoms with E-state index in [0.29, 0.717) is 27.4 Å². The van der Waals surface area contributed by atoms with Gasteiger partial charge in [-0.1, -0.05) is 39.3 Å². The molecule has 23 heavy (non-hydrogen) atoms. The molecule has 0 atom stereocenters. The first-order valence-corrected chi connectivity index (χ1v) is 8.04. The van der Waals surface area contributed by atoms with E-state index in [9.17, 15) is 9.59 Å². The largest absolute Gasteiger partial charge is 0.289 e. The summed E-state index contributed by atoms with van der Waals surface area (Å²) in [4.78, 5) is 28.9. The van der Waals surface area contributed by atoms with Crippen molar-refractivity contribution in [3.05, 3.63) is 58.1 Å². The molecule has 120 valence electrons. The molecule has 0 aromatic heterocycles. The Balaban J connectivity index is 2.40. The Morgan fingerprint density at radius 1 is 0.957 bits per heavy atom. The molecule has 0 heterocycles. The number of hydrogen-bond acceptors (Lipinski definition) is 2. The predicted octanol–water partition coefficient (Wildman–Crippen LogP) is 4.67. The van der Waals surface area contributed by atoms with Crippen LogP contribution in [0.5, 0.6) is 0 Å². The number of rotatable bonds is 3. The third-order valence-corrected chi connectivity index (χ3v) is 3.95.